The minimum absolute atomic E-state index is 0.122. The van der Waals surface area contributed by atoms with Gasteiger partial charge in [-0.3, -0.25) is 4.79 Å². The molecule has 3 atom stereocenters. The highest BCUT2D eigenvalue weighted by Crippen LogP contribution is 2.54. The van der Waals surface area contributed by atoms with Crippen LogP contribution in [0.4, 0.5) is 0 Å². The van der Waals surface area contributed by atoms with Gasteiger partial charge in [0.05, 0.1) is 5.41 Å². The summed E-state index contributed by atoms with van der Waals surface area (Å²) in [6.45, 7) is 2.11. The first-order valence-electron chi connectivity index (χ1n) is 7.09. The van der Waals surface area contributed by atoms with Crippen molar-refractivity contribution < 1.29 is 4.79 Å². The Kier molecular flexibility index (Phi) is 2.69. The molecule has 96 valence electrons. The van der Waals surface area contributed by atoms with Crippen LogP contribution in [0, 0.1) is 5.92 Å². The van der Waals surface area contributed by atoms with Gasteiger partial charge in [-0.15, -0.1) is 0 Å². The van der Waals surface area contributed by atoms with Crippen molar-refractivity contribution >= 4 is 5.91 Å². The molecule has 2 nitrogen and oxygen atoms in total. The van der Waals surface area contributed by atoms with Gasteiger partial charge in [0, 0.05) is 0 Å². The largest absolute Gasteiger partial charge is 0.369 e. The molecule has 0 aliphatic heterocycles. The van der Waals surface area contributed by atoms with E-state index in [-0.39, 0.29) is 5.91 Å². The van der Waals surface area contributed by atoms with Crippen molar-refractivity contribution in [3.63, 3.8) is 0 Å². The van der Waals surface area contributed by atoms with Gasteiger partial charge in [-0.1, -0.05) is 37.6 Å². The van der Waals surface area contributed by atoms with Crippen LogP contribution in [0.25, 0.3) is 0 Å². The van der Waals surface area contributed by atoms with Gasteiger partial charge in [-0.2, -0.15) is 0 Å². The molecule has 1 saturated carbocycles. The lowest BCUT2D eigenvalue weighted by atomic mass is 9.55. The third kappa shape index (κ3) is 1.38. The molecule has 0 aromatic heterocycles. The molecule has 0 heterocycles. The van der Waals surface area contributed by atoms with E-state index in [1.54, 1.807) is 0 Å². The fourth-order valence-corrected chi connectivity index (χ4v) is 4.39. The lowest BCUT2D eigenvalue weighted by molar-refractivity contribution is -0.127. The molecule has 2 aliphatic rings. The number of benzene rings is 1. The summed E-state index contributed by atoms with van der Waals surface area (Å²) >= 11 is 0. The van der Waals surface area contributed by atoms with Crippen LogP contribution in [-0.4, -0.2) is 5.91 Å². The molecular formula is C16H21NO. The molecular weight excluding hydrogens is 222 g/mol. The fraction of sp³-hybridized carbons (Fsp3) is 0.562. The predicted octanol–water partition coefficient (Wildman–Crippen LogP) is 3.11. The van der Waals surface area contributed by atoms with Crippen molar-refractivity contribution in [2.75, 3.05) is 0 Å². The van der Waals surface area contributed by atoms with Gasteiger partial charge in [-0.05, 0) is 48.6 Å². The van der Waals surface area contributed by atoms with E-state index in [0.29, 0.717) is 11.8 Å². The van der Waals surface area contributed by atoms with Crippen molar-refractivity contribution in [2.45, 2.75) is 50.4 Å². The number of carbonyl (C=O) groups is 1. The van der Waals surface area contributed by atoms with E-state index in [1.807, 2.05) is 6.07 Å². The summed E-state index contributed by atoms with van der Waals surface area (Å²) in [6.07, 6.45) is 5.64. The molecule has 2 bridgehead atoms. The Morgan fingerprint density at radius 2 is 2.17 bits per heavy atom. The molecule has 2 heteroatoms. The van der Waals surface area contributed by atoms with Crippen LogP contribution in [0.1, 0.15) is 56.1 Å². The molecule has 3 unspecified atom stereocenters. The molecule has 0 spiro atoms. The molecule has 2 aliphatic carbocycles. The van der Waals surface area contributed by atoms with Crippen molar-refractivity contribution in [1.29, 1.82) is 0 Å². The number of nitrogens with two attached hydrogens (primary N) is 1. The van der Waals surface area contributed by atoms with Crippen molar-refractivity contribution in [3.8, 4) is 0 Å². The normalized spacial score (nSPS) is 33.8. The van der Waals surface area contributed by atoms with Gasteiger partial charge in [-0.25, -0.2) is 0 Å². The van der Waals surface area contributed by atoms with Gasteiger partial charge in [0.15, 0.2) is 0 Å². The molecule has 2 N–H and O–H groups in total. The smallest absolute Gasteiger partial charge is 0.228 e. The zero-order valence-corrected chi connectivity index (χ0v) is 11.0. The zero-order valence-electron chi connectivity index (χ0n) is 11.0. The van der Waals surface area contributed by atoms with E-state index in [4.69, 9.17) is 5.73 Å². The van der Waals surface area contributed by atoms with Crippen LogP contribution in [0.5, 0.6) is 0 Å². The van der Waals surface area contributed by atoms with E-state index in [2.05, 4.69) is 25.1 Å². The van der Waals surface area contributed by atoms with E-state index in [0.717, 1.165) is 19.3 Å². The van der Waals surface area contributed by atoms with Gasteiger partial charge in [0.25, 0.3) is 0 Å². The van der Waals surface area contributed by atoms with Crippen LogP contribution in [0.3, 0.4) is 0 Å². The van der Waals surface area contributed by atoms with Crippen LogP contribution < -0.4 is 5.73 Å². The maximum Gasteiger partial charge on any atom is 0.228 e. The molecule has 3 rings (SSSR count). The number of hydrogen-bond donors (Lipinski definition) is 1. The zero-order chi connectivity index (χ0) is 12.8. The van der Waals surface area contributed by atoms with Crippen molar-refractivity contribution in [1.82, 2.24) is 0 Å². The van der Waals surface area contributed by atoms with Crippen molar-refractivity contribution in [3.05, 3.63) is 35.4 Å². The number of primary amides is 1. The predicted molar refractivity (Wildman–Crippen MR) is 72.3 cm³/mol. The maximum atomic E-state index is 12.2. The Bertz CT molecular complexity index is 482. The molecule has 0 radical (unpaired) electrons. The van der Waals surface area contributed by atoms with Gasteiger partial charge in [0.2, 0.25) is 5.91 Å². The summed E-state index contributed by atoms with van der Waals surface area (Å²) in [7, 11) is 0. The van der Waals surface area contributed by atoms with Crippen LogP contribution >= 0.6 is 0 Å². The second-order valence-electron chi connectivity index (χ2n) is 5.84. The number of rotatable bonds is 2. The average Bonchev–Trinajstić information content (AvgIpc) is 2.40. The molecule has 0 saturated heterocycles. The topological polar surface area (TPSA) is 43.1 Å². The SMILES string of the molecule is CCC1(C(N)=O)c2ccccc2C2CCCC1C2. The quantitative estimate of drug-likeness (QED) is 0.852. The number of amides is 1. The monoisotopic (exact) mass is 243 g/mol. The summed E-state index contributed by atoms with van der Waals surface area (Å²) in [4.78, 5) is 12.2. The van der Waals surface area contributed by atoms with Crippen LogP contribution in [-0.2, 0) is 10.2 Å². The third-order valence-corrected chi connectivity index (χ3v) is 5.25. The summed E-state index contributed by atoms with van der Waals surface area (Å²) in [5, 5.41) is 0. The Balaban J connectivity index is 2.24. The fourth-order valence-electron chi connectivity index (χ4n) is 4.39. The summed E-state index contributed by atoms with van der Waals surface area (Å²) < 4.78 is 0. The number of hydrogen-bond acceptors (Lipinski definition) is 1. The van der Waals surface area contributed by atoms with E-state index >= 15 is 0 Å². The molecule has 1 aromatic rings. The average molecular weight is 243 g/mol. The highest BCUT2D eigenvalue weighted by Gasteiger charge is 2.50. The second-order valence-corrected chi connectivity index (χ2v) is 5.84. The lowest BCUT2D eigenvalue weighted by Gasteiger charge is -2.48. The third-order valence-electron chi connectivity index (χ3n) is 5.25. The van der Waals surface area contributed by atoms with Gasteiger partial charge >= 0.3 is 0 Å². The molecule has 1 fully saturated rings. The lowest BCUT2D eigenvalue weighted by Crippen LogP contribution is -2.51. The first kappa shape index (κ1) is 11.8. The summed E-state index contributed by atoms with van der Waals surface area (Å²) in [5.41, 5.74) is 8.02. The Labute approximate surface area is 109 Å². The summed E-state index contributed by atoms with van der Waals surface area (Å²) in [5.74, 6) is 0.982. The highest BCUT2D eigenvalue weighted by molar-refractivity contribution is 5.88. The first-order chi connectivity index (χ1) is 8.70. The van der Waals surface area contributed by atoms with E-state index < -0.39 is 5.41 Å². The maximum absolute atomic E-state index is 12.2. The minimum Gasteiger partial charge on any atom is -0.369 e. The number of fused-ring (bicyclic) bond motifs is 4. The van der Waals surface area contributed by atoms with Crippen molar-refractivity contribution in [2.24, 2.45) is 11.7 Å². The first-order valence-corrected chi connectivity index (χ1v) is 7.09. The van der Waals surface area contributed by atoms with E-state index in [1.165, 1.54) is 24.0 Å². The Morgan fingerprint density at radius 3 is 2.89 bits per heavy atom. The number of carbonyl (C=O) groups excluding carboxylic acids is 1. The van der Waals surface area contributed by atoms with E-state index in [9.17, 15) is 4.79 Å². The van der Waals surface area contributed by atoms with Gasteiger partial charge < -0.3 is 5.73 Å². The van der Waals surface area contributed by atoms with Gasteiger partial charge in [0.1, 0.15) is 0 Å². The van der Waals surface area contributed by atoms with Crippen LogP contribution in [0.2, 0.25) is 0 Å². The Morgan fingerprint density at radius 1 is 1.39 bits per heavy atom. The minimum atomic E-state index is -0.409. The standard InChI is InChI=1S/C16H21NO/c1-2-16(15(17)18)12-7-5-6-11(10-12)13-8-3-4-9-14(13)16/h3-4,8-9,11-12H,2,5-7,10H2,1H3,(H2,17,18). The molecule has 18 heavy (non-hydrogen) atoms. The highest BCUT2D eigenvalue weighted by atomic mass is 16.1. The summed E-state index contributed by atoms with van der Waals surface area (Å²) in [6, 6.07) is 8.48. The molecule has 1 amide bonds. The Hall–Kier alpha value is -1.31. The van der Waals surface area contributed by atoms with Crippen LogP contribution in [0.15, 0.2) is 24.3 Å². The second kappa shape index (κ2) is 4.11. The molecule has 1 aromatic carbocycles.